The second kappa shape index (κ2) is 4.11. The van der Waals surface area contributed by atoms with E-state index in [4.69, 9.17) is 5.73 Å². The third-order valence-corrected chi connectivity index (χ3v) is 2.83. The number of hydrogen-bond acceptors (Lipinski definition) is 3. The maximum Gasteiger partial charge on any atom is 0.0925 e. The number of fused-ring (bicyclic) bond motifs is 1. The second-order valence-corrected chi connectivity index (χ2v) is 3.91. The van der Waals surface area contributed by atoms with Gasteiger partial charge in [-0.05, 0) is 6.42 Å². The van der Waals surface area contributed by atoms with E-state index in [-0.39, 0.29) is 0 Å². The third-order valence-electron chi connectivity index (χ3n) is 2.83. The van der Waals surface area contributed by atoms with Gasteiger partial charge in [-0.15, -0.1) is 0 Å². The number of H-pyrrole nitrogens is 1. The van der Waals surface area contributed by atoms with E-state index in [2.05, 4.69) is 22.2 Å². The van der Waals surface area contributed by atoms with Gasteiger partial charge >= 0.3 is 0 Å². The van der Waals surface area contributed by atoms with Crippen LogP contribution in [-0.4, -0.2) is 22.6 Å². The molecule has 1 aromatic heterocycles. The summed E-state index contributed by atoms with van der Waals surface area (Å²) in [5.74, 6) is 0. The topological polar surface area (TPSA) is 66.7 Å². The van der Waals surface area contributed by atoms with Crippen LogP contribution in [0.25, 0.3) is 0 Å². The Kier molecular flexibility index (Phi) is 2.84. The Morgan fingerprint density at radius 3 is 3.21 bits per heavy atom. The van der Waals surface area contributed by atoms with E-state index in [0.717, 1.165) is 12.8 Å². The molecule has 0 saturated heterocycles. The lowest BCUT2D eigenvalue weighted by molar-refractivity contribution is 0.379. The molecule has 1 aliphatic rings. The minimum Gasteiger partial charge on any atom is -0.348 e. The van der Waals surface area contributed by atoms with Gasteiger partial charge in [0.2, 0.25) is 0 Å². The van der Waals surface area contributed by atoms with Gasteiger partial charge in [0.25, 0.3) is 0 Å². The number of rotatable bonds is 3. The molecule has 0 spiro atoms. The first-order valence-corrected chi connectivity index (χ1v) is 5.33. The zero-order valence-corrected chi connectivity index (χ0v) is 8.59. The number of aromatic amines is 1. The van der Waals surface area contributed by atoms with Crippen molar-refractivity contribution in [2.75, 3.05) is 6.54 Å². The summed E-state index contributed by atoms with van der Waals surface area (Å²) in [4.78, 5) is 7.57. The van der Waals surface area contributed by atoms with Crippen LogP contribution < -0.4 is 11.1 Å². The Balaban J connectivity index is 2.19. The maximum atomic E-state index is 5.69. The summed E-state index contributed by atoms with van der Waals surface area (Å²) < 4.78 is 0. The second-order valence-electron chi connectivity index (χ2n) is 3.91. The lowest BCUT2D eigenvalue weighted by Gasteiger charge is -2.29. The van der Waals surface area contributed by atoms with Crippen molar-refractivity contribution < 1.29 is 0 Å². The Bertz CT molecular complexity index is 294. The number of nitrogens with zero attached hydrogens (tertiary/aromatic N) is 1. The molecule has 0 aromatic carbocycles. The first-order valence-electron chi connectivity index (χ1n) is 5.33. The molecular formula is C10H18N4. The molecule has 78 valence electrons. The molecule has 0 saturated carbocycles. The quantitative estimate of drug-likeness (QED) is 0.664. The van der Waals surface area contributed by atoms with Gasteiger partial charge in [-0.2, -0.15) is 0 Å². The van der Waals surface area contributed by atoms with Gasteiger partial charge in [0.15, 0.2) is 0 Å². The van der Waals surface area contributed by atoms with E-state index in [1.54, 1.807) is 6.33 Å². The van der Waals surface area contributed by atoms with Crippen molar-refractivity contribution >= 4 is 0 Å². The fourth-order valence-corrected chi connectivity index (χ4v) is 2.12. The van der Waals surface area contributed by atoms with Crippen molar-refractivity contribution in [3.05, 3.63) is 17.7 Å². The minimum atomic E-state index is 0.392. The van der Waals surface area contributed by atoms with Crippen molar-refractivity contribution in [3.63, 3.8) is 0 Å². The Morgan fingerprint density at radius 2 is 2.50 bits per heavy atom. The van der Waals surface area contributed by atoms with Crippen LogP contribution in [0.4, 0.5) is 0 Å². The molecular weight excluding hydrogens is 176 g/mol. The van der Waals surface area contributed by atoms with Gasteiger partial charge in [0, 0.05) is 24.7 Å². The standard InChI is InChI=1S/C10H18N4/c1-2-3-8-10-9(12-6-13-10)4-7(5-11)14-8/h6-8,14H,2-5,11H2,1H3,(H,12,13). The van der Waals surface area contributed by atoms with Crippen molar-refractivity contribution in [1.82, 2.24) is 15.3 Å². The van der Waals surface area contributed by atoms with Crippen molar-refractivity contribution in [1.29, 1.82) is 0 Å². The summed E-state index contributed by atoms with van der Waals surface area (Å²) in [5.41, 5.74) is 8.14. The molecule has 0 radical (unpaired) electrons. The highest BCUT2D eigenvalue weighted by Crippen LogP contribution is 2.25. The highest BCUT2D eigenvalue weighted by molar-refractivity contribution is 5.20. The summed E-state index contributed by atoms with van der Waals surface area (Å²) in [5, 5.41) is 3.54. The molecule has 1 aliphatic heterocycles. The van der Waals surface area contributed by atoms with E-state index < -0.39 is 0 Å². The number of aromatic nitrogens is 2. The fourth-order valence-electron chi connectivity index (χ4n) is 2.12. The van der Waals surface area contributed by atoms with Crippen LogP contribution in [0.2, 0.25) is 0 Å². The number of hydrogen-bond donors (Lipinski definition) is 3. The lowest BCUT2D eigenvalue weighted by Crippen LogP contribution is -2.44. The van der Waals surface area contributed by atoms with Gasteiger partial charge in [-0.25, -0.2) is 4.98 Å². The molecule has 2 rings (SSSR count). The summed E-state index contributed by atoms with van der Waals surface area (Å²) in [6.07, 6.45) is 5.07. The molecule has 2 unspecified atom stereocenters. The molecule has 0 bridgehead atoms. The van der Waals surface area contributed by atoms with Gasteiger partial charge in [0.1, 0.15) is 0 Å². The molecule has 2 heterocycles. The molecule has 1 aromatic rings. The molecule has 0 aliphatic carbocycles. The predicted molar refractivity (Wildman–Crippen MR) is 55.9 cm³/mol. The predicted octanol–water partition coefficient (Wildman–Crippen LogP) is 0.724. The summed E-state index contributed by atoms with van der Waals surface area (Å²) >= 11 is 0. The molecule has 0 fully saturated rings. The Morgan fingerprint density at radius 1 is 1.64 bits per heavy atom. The first kappa shape index (κ1) is 9.68. The summed E-state index contributed by atoms with van der Waals surface area (Å²) in [6, 6.07) is 0.794. The molecule has 4 heteroatoms. The monoisotopic (exact) mass is 194 g/mol. The van der Waals surface area contributed by atoms with Crippen LogP contribution in [0.5, 0.6) is 0 Å². The van der Waals surface area contributed by atoms with Crippen LogP contribution in [0.15, 0.2) is 6.33 Å². The average molecular weight is 194 g/mol. The zero-order chi connectivity index (χ0) is 9.97. The molecule has 0 amide bonds. The summed E-state index contributed by atoms with van der Waals surface area (Å²) in [6.45, 7) is 2.89. The Hall–Kier alpha value is -0.870. The highest BCUT2D eigenvalue weighted by atomic mass is 15.0. The van der Waals surface area contributed by atoms with E-state index in [0.29, 0.717) is 18.6 Å². The van der Waals surface area contributed by atoms with E-state index in [9.17, 15) is 0 Å². The molecule has 4 nitrogen and oxygen atoms in total. The van der Waals surface area contributed by atoms with Crippen molar-refractivity contribution in [2.45, 2.75) is 38.3 Å². The smallest absolute Gasteiger partial charge is 0.0925 e. The van der Waals surface area contributed by atoms with Crippen LogP contribution >= 0.6 is 0 Å². The third kappa shape index (κ3) is 1.67. The van der Waals surface area contributed by atoms with Gasteiger partial charge in [-0.1, -0.05) is 13.3 Å². The maximum absolute atomic E-state index is 5.69. The van der Waals surface area contributed by atoms with E-state index in [1.807, 2.05) is 0 Å². The minimum absolute atomic E-state index is 0.392. The normalized spacial score (nSPS) is 26.1. The van der Waals surface area contributed by atoms with Crippen LogP contribution in [0.1, 0.15) is 37.2 Å². The molecule has 2 atom stereocenters. The van der Waals surface area contributed by atoms with Crippen LogP contribution in [-0.2, 0) is 6.42 Å². The molecule has 4 N–H and O–H groups in total. The number of nitrogens with two attached hydrogens (primary N) is 1. The van der Waals surface area contributed by atoms with Crippen LogP contribution in [0, 0.1) is 0 Å². The molecule has 14 heavy (non-hydrogen) atoms. The van der Waals surface area contributed by atoms with Crippen molar-refractivity contribution in [3.8, 4) is 0 Å². The largest absolute Gasteiger partial charge is 0.348 e. The van der Waals surface area contributed by atoms with Gasteiger partial charge < -0.3 is 16.0 Å². The van der Waals surface area contributed by atoms with Crippen LogP contribution in [0.3, 0.4) is 0 Å². The number of nitrogens with one attached hydrogen (secondary N) is 2. The zero-order valence-electron chi connectivity index (χ0n) is 8.59. The number of imidazole rings is 1. The van der Waals surface area contributed by atoms with Gasteiger partial charge in [-0.3, -0.25) is 0 Å². The Labute approximate surface area is 84.3 Å². The highest BCUT2D eigenvalue weighted by Gasteiger charge is 2.26. The average Bonchev–Trinajstić information content (AvgIpc) is 2.66. The van der Waals surface area contributed by atoms with E-state index >= 15 is 0 Å². The fraction of sp³-hybridized carbons (Fsp3) is 0.700. The first-order chi connectivity index (χ1) is 6.85. The summed E-state index contributed by atoms with van der Waals surface area (Å²) in [7, 11) is 0. The van der Waals surface area contributed by atoms with Gasteiger partial charge in [0.05, 0.1) is 18.1 Å². The lowest BCUT2D eigenvalue weighted by atomic mass is 9.96. The van der Waals surface area contributed by atoms with Crippen molar-refractivity contribution in [2.24, 2.45) is 5.73 Å². The van der Waals surface area contributed by atoms with E-state index in [1.165, 1.54) is 17.8 Å². The SMILES string of the molecule is CCCC1NC(CN)Cc2[nH]cnc21.